The first-order valence-corrected chi connectivity index (χ1v) is 9.38. The average Bonchev–Trinajstić information content (AvgIpc) is 3.13. The molecule has 25 heavy (non-hydrogen) atoms. The van der Waals surface area contributed by atoms with Crippen LogP contribution in [0.4, 0.5) is 5.69 Å². The molecule has 0 bridgehead atoms. The summed E-state index contributed by atoms with van der Waals surface area (Å²) in [6.45, 7) is 4.23. The maximum Gasteiger partial charge on any atom is 0.157 e. The topological polar surface area (TPSA) is 19.6 Å². The molecule has 1 aliphatic heterocycles. The fraction of sp³-hybridized carbons (Fsp3) is 0.238. The molecule has 4 rings (SSSR count). The zero-order valence-corrected chi connectivity index (χ0v) is 15.9. The minimum Gasteiger partial charge on any atom is -0.462 e. The van der Waals surface area contributed by atoms with Crippen LogP contribution in [0.2, 0.25) is 0 Å². The summed E-state index contributed by atoms with van der Waals surface area (Å²) in [4.78, 5) is 4.79. The number of halogens is 1. The van der Waals surface area contributed by atoms with Crippen molar-refractivity contribution in [2.45, 2.75) is 0 Å². The highest BCUT2D eigenvalue weighted by Gasteiger charge is 2.21. The second-order valence-electron chi connectivity index (χ2n) is 6.48. The molecule has 1 aromatic heterocycles. The third-order valence-electron chi connectivity index (χ3n) is 4.82. The molecule has 1 saturated heterocycles. The van der Waals surface area contributed by atoms with E-state index in [0.29, 0.717) is 0 Å². The van der Waals surface area contributed by atoms with Gasteiger partial charge in [0, 0.05) is 42.3 Å². The Labute approximate surface area is 157 Å². The molecule has 0 saturated carbocycles. The molecule has 2 aromatic carbocycles. The van der Waals surface area contributed by atoms with Crippen molar-refractivity contribution in [3.63, 3.8) is 0 Å². The zero-order chi connectivity index (χ0) is 17.2. The van der Waals surface area contributed by atoms with Crippen LogP contribution in [0.25, 0.3) is 22.5 Å². The van der Waals surface area contributed by atoms with E-state index in [-0.39, 0.29) is 0 Å². The molecule has 3 nitrogen and oxygen atoms in total. The summed E-state index contributed by atoms with van der Waals surface area (Å²) >= 11 is 3.51. The van der Waals surface area contributed by atoms with E-state index in [9.17, 15) is 0 Å². The van der Waals surface area contributed by atoms with Gasteiger partial charge in [0.1, 0.15) is 0 Å². The Morgan fingerprint density at radius 2 is 1.52 bits per heavy atom. The monoisotopic (exact) mass is 396 g/mol. The minimum atomic E-state index is 0.961. The second-order valence-corrected chi connectivity index (χ2v) is 7.39. The molecule has 0 spiro atoms. The molecule has 1 aliphatic rings. The van der Waals surface area contributed by atoms with Gasteiger partial charge in [-0.05, 0) is 30.3 Å². The van der Waals surface area contributed by atoms with E-state index in [2.05, 4.69) is 87.4 Å². The number of anilines is 1. The number of benzene rings is 2. The Kier molecular flexibility index (Phi) is 4.64. The van der Waals surface area contributed by atoms with Crippen molar-refractivity contribution in [1.82, 2.24) is 4.90 Å². The van der Waals surface area contributed by atoms with Crippen molar-refractivity contribution in [2.75, 3.05) is 38.1 Å². The molecule has 2 heterocycles. The number of likely N-dealkylation sites (N-methyl/N-ethyl adjacent to an activating group) is 1. The maximum atomic E-state index is 5.95. The molecule has 0 unspecified atom stereocenters. The second kappa shape index (κ2) is 7.06. The normalized spacial score (nSPS) is 15.5. The minimum absolute atomic E-state index is 0.961. The standard InChI is InChI=1S/C21H21BrN2O/c1-23-11-13-24(14-12-23)20-10-15-25-21(20)19-5-3-2-4-18(19)16-6-8-17(22)9-7-16/h2-10,15H,11-14H2,1H3. The largest absolute Gasteiger partial charge is 0.462 e. The van der Waals surface area contributed by atoms with Crippen LogP contribution >= 0.6 is 15.9 Å². The molecule has 0 aliphatic carbocycles. The predicted octanol–water partition coefficient (Wildman–Crippen LogP) is 5.13. The predicted molar refractivity (Wildman–Crippen MR) is 107 cm³/mol. The molecular formula is C21H21BrN2O. The first kappa shape index (κ1) is 16.4. The van der Waals surface area contributed by atoms with Gasteiger partial charge in [-0.2, -0.15) is 0 Å². The lowest BCUT2D eigenvalue weighted by Gasteiger charge is -2.33. The van der Waals surface area contributed by atoms with E-state index in [0.717, 1.165) is 42.0 Å². The lowest BCUT2D eigenvalue weighted by atomic mass is 9.97. The van der Waals surface area contributed by atoms with Crippen molar-refractivity contribution < 1.29 is 4.42 Å². The third-order valence-corrected chi connectivity index (χ3v) is 5.34. The van der Waals surface area contributed by atoms with Gasteiger partial charge in [0.25, 0.3) is 0 Å². The van der Waals surface area contributed by atoms with E-state index < -0.39 is 0 Å². The van der Waals surface area contributed by atoms with Crippen LogP contribution in [-0.4, -0.2) is 38.1 Å². The summed E-state index contributed by atoms with van der Waals surface area (Å²) in [6, 6.07) is 19.0. The Morgan fingerprint density at radius 1 is 0.840 bits per heavy atom. The first-order chi connectivity index (χ1) is 12.2. The van der Waals surface area contributed by atoms with Crippen molar-refractivity contribution in [1.29, 1.82) is 0 Å². The molecule has 0 N–H and O–H groups in total. The number of rotatable bonds is 3. The Balaban J connectivity index is 1.74. The smallest absolute Gasteiger partial charge is 0.157 e. The Morgan fingerprint density at radius 3 is 2.24 bits per heavy atom. The highest BCUT2D eigenvalue weighted by molar-refractivity contribution is 9.10. The van der Waals surface area contributed by atoms with Crippen LogP contribution in [0.1, 0.15) is 0 Å². The summed E-state index contributed by atoms with van der Waals surface area (Å²) in [7, 11) is 2.18. The van der Waals surface area contributed by atoms with Gasteiger partial charge in [0.05, 0.1) is 12.0 Å². The Bertz CT molecular complexity index is 848. The average molecular weight is 397 g/mol. The van der Waals surface area contributed by atoms with Crippen LogP contribution in [0.5, 0.6) is 0 Å². The Hall–Kier alpha value is -2.04. The fourth-order valence-electron chi connectivity index (χ4n) is 3.36. The van der Waals surface area contributed by atoms with Crippen LogP contribution < -0.4 is 4.90 Å². The van der Waals surface area contributed by atoms with Gasteiger partial charge in [-0.1, -0.05) is 52.3 Å². The van der Waals surface area contributed by atoms with Crippen molar-refractivity contribution in [2.24, 2.45) is 0 Å². The number of hydrogen-bond acceptors (Lipinski definition) is 3. The molecule has 0 atom stereocenters. The van der Waals surface area contributed by atoms with Crippen LogP contribution in [0, 0.1) is 0 Å². The summed E-state index contributed by atoms with van der Waals surface area (Å²) in [5, 5.41) is 0. The zero-order valence-electron chi connectivity index (χ0n) is 14.3. The van der Waals surface area contributed by atoms with E-state index in [1.54, 1.807) is 6.26 Å². The fourth-order valence-corrected chi connectivity index (χ4v) is 3.63. The summed E-state index contributed by atoms with van der Waals surface area (Å²) in [5.74, 6) is 0.961. The maximum absolute atomic E-state index is 5.95. The van der Waals surface area contributed by atoms with Gasteiger partial charge in [-0.3, -0.25) is 0 Å². The van der Waals surface area contributed by atoms with Gasteiger partial charge < -0.3 is 14.2 Å². The van der Waals surface area contributed by atoms with E-state index in [1.165, 1.54) is 16.8 Å². The molecule has 3 aromatic rings. The molecule has 0 amide bonds. The SMILES string of the molecule is CN1CCN(c2ccoc2-c2ccccc2-c2ccc(Br)cc2)CC1. The number of nitrogens with zero attached hydrogens (tertiary/aromatic N) is 2. The summed E-state index contributed by atoms with van der Waals surface area (Å²) in [6.07, 6.45) is 1.81. The van der Waals surface area contributed by atoms with Gasteiger partial charge >= 0.3 is 0 Å². The van der Waals surface area contributed by atoms with Crippen LogP contribution in [-0.2, 0) is 0 Å². The highest BCUT2D eigenvalue weighted by atomic mass is 79.9. The molecule has 1 fully saturated rings. The van der Waals surface area contributed by atoms with Gasteiger partial charge in [-0.25, -0.2) is 0 Å². The van der Waals surface area contributed by atoms with Gasteiger partial charge in [0.15, 0.2) is 5.76 Å². The van der Waals surface area contributed by atoms with Crippen molar-refractivity contribution in [3.8, 4) is 22.5 Å². The summed E-state index contributed by atoms with van der Waals surface area (Å²) in [5.41, 5.74) is 4.72. The van der Waals surface area contributed by atoms with Crippen LogP contribution in [0.15, 0.2) is 69.8 Å². The van der Waals surface area contributed by atoms with Crippen molar-refractivity contribution in [3.05, 3.63) is 65.3 Å². The molecular weight excluding hydrogens is 376 g/mol. The number of furan rings is 1. The van der Waals surface area contributed by atoms with E-state index in [4.69, 9.17) is 4.42 Å². The van der Waals surface area contributed by atoms with Crippen LogP contribution in [0.3, 0.4) is 0 Å². The van der Waals surface area contributed by atoms with E-state index >= 15 is 0 Å². The quantitative estimate of drug-likeness (QED) is 0.611. The van der Waals surface area contributed by atoms with Gasteiger partial charge in [-0.15, -0.1) is 0 Å². The van der Waals surface area contributed by atoms with Gasteiger partial charge in [0.2, 0.25) is 0 Å². The molecule has 4 heteroatoms. The number of piperazine rings is 1. The lowest BCUT2D eigenvalue weighted by molar-refractivity contribution is 0.313. The molecule has 128 valence electrons. The highest BCUT2D eigenvalue weighted by Crippen LogP contribution is 2.38. The first-order valence-electron chi connectivity index (χ1n) is 8.59. The number of hydrogen-bond donors (Lipinski definition) is 0. The summed E-state index contributed by atoms with van der Waals surface area (Å²) < 4.78 is 7.04. The lowest BCUT2D eigenvalue weighted by Crippen LogP contribution is -2.44. The third kappa shape index (κ3) is 3.37. The van der Waals surface area contributed by atoms with Crippen molar-refractivity contribution >= 4 is 21.6 Å². The van der Waals surface area contributed by atoms with E-state index in [1.807, 2.05) is 0 Å². The molecule has 0 radical (unpaired) electrons.